The first-order valence-corrected chi connectivity index (χ1v) is 2.98. The van der Waals surface area contributed by atoms with Gasteiger partial charge in [0, 0.05) is 0 Å². The van der Waals surface area contributed by atoms with E-state index in [4.69, 9.17) is 34.3 Å². The van der Waals surface area contributed by atoms with Crippen LogP contribution in [0.2, 0.25) is 0 Å². The Labute approximate surface area is 73.9 Å². The number of phosphoric acid groups is 1. The van der Waals surface area contributed by atoms with Crippen molar-refractivity contribution in [2.24, 2.45) is 0 Å². The molecule has 0 aliphatic carbocycles. The standard InChI is InChI=1S/CH2O3.Li.H3N.H3O4P/c2-1(3)4;;;1-5(2,3)4/h(H2,2,3,4);;1H3;(H3,1,2,3,4)/q;+1;;/p-1. The Kier molecular flexibility index (Phi) is 20.3. The van der Waals surface area contributed by atoms with Gasteiger partial charge >= 0.3 is 26.7 Å². The molecule has 0 radical (unpaired) electrons. The molecule has 0 amide bonds. The number of rotatable bonds is 0. The van der Waals surface area contributed by atoms with Gasteiger partial charge < -0.3 is 35.8 Å². The van der Waals surface area contributed by atoms with E-state index >= 15 is 0 Å². The largest absolute Gasteiger partial charge is 1.00 e. The summed E-state index contributed by atoms with van der Waals surface area (Å²) in [6.07, 6.45) is -2.08. The summed E-state index contributed by atoms with van der Waals surface area (Å²) < 4.78 is 8.88. The molecule has 0 unspecified atom stereocenters. The third-order valence-corrected chi connectivity index (χ3v) is 0. The summed E-state index contributed by atoms with van der Waals surface area (Å²) in [6.45, 7) is 0. The Morgan fingerprint density at radius 2 is 1.27 bits per heavy atom. The summed E-state index contributed by atoms with van der Waals surface area (Å²) in [5, 5.41) is 15.3. The van der Waals surface area contributed by atoms with Crippen molar-refractivity contribution in [1.29, 1.82) is 0 Å². The first-order valence-electron chi connectivity index (χ1n) is 1.41. The molecule has 0 saturated carbocycles. The summed E-state index contributed by atoms with van der Waals surface area (Å²) in [4.78, 5) is 30.0. The van der Waals surface area contributed by atoms with Crippen LogP contribution in [-0.4, -0.2) is 25.9 Å². The van der Waals surface area contributed by atoms with Crippen molar-refractivity contribution in [2.45, 2.75) is 0 Å². The van der Waals surface area contributed by atoms with Crippen molar-refractivity contribution < 1.29 is 53.1 Å². The molecule has 10 heteroatoms. The van der Waals surface area contributed by atoms with Gasteiger partial charge in [0.15, 0.2) is 0 Å². The molecule has 0 aliphatic rings. The van der Waals surface area contributed by atoms with Crippen LogP contribution < -0.4 is 30.1 Å². The van der Waals surface area contributed by atoms with Crippen molar-refractivity contribution in [1.82, 2.24) is 6.15 Å². The maximum Gasteiger partial charge on any atom is 1.00 e. The normalized spacial score (nSPS) is 7.55. The van der Waals surface area contributed by atoms with Crippen molar-refractivity contribution in [3.05, 3.63) is 0 Å². The van der Waals surface area contributed by atoms with Gasteiger partial charge in [0.1, 0.15) is 0 Å². The van der Waals surface area contributed by atoms with E-state index in [9.17, 15) is 0 Å². The van der Waals surface area contributed by atoms with Gasteiger partial charge in [-0.25, -0.2) is 4.57 Å². The minimum absolute atomic E-state index is 0. The predicted octanol–water partition coefficient (Wildman–Crippen LogP) is -4.87. The smallest absolute Gasteiger partial charge is 0.565 e. The van der Waals surface area contributed by atoms with Crippen molar-refractivity contribution in [3.8, 4) is 0 Å². The van der Waals surface area contributed by atoms with E-state index in [1.54, 1.807) is 0 Å². The molecule has 0 spiro atoms. The fraction of sp³-hybridized carbons (Fsp3) is 0. The number of carbonyl (C=O) groups is 1. The van der Waals surface area contributed by atoms with E-state index < -0.39 is 14.0 Å². The molecular weight excluding hydrogens is 176 g/mol. The minimum atomic E-state index is -4.64. The molecule has 64 valence electrons. The first-order chi connectivity index (χ1) is 3.73. The van der Waals surface area contributed by atoms with Gasteiger partial charge in [-0.2, -0.15) is 0 Å². The van der Waals surface area contributed by atoms with Crippen molar-refractivity contribution in [2.75, 3.05) is 0 Å². The second-order valence-electron chi connectivity index (χ2n) is 0.779. The van der Waals surface area contributed by atoms with Crippen molar-refractivity contribution in [3.63, 3.8) is 0 Å². The fourth-order valence-corrected chi connectivity index (χ4v) is 0. The van der Waals surface area contributed by atoms with Gasteiger partial charge in [-0.3, -0.25) is 0 Å². The quantitative estimate of drug-likeness (QED) is 0.183. The zero-order chi connectivity index (χ0) is 8.08. The molecule has 0 atom stereocenters. The molecule has 0 saturated heterocycles. The molecule has 7 N–H and O–H groups in total. The number of hydrogen-bond acceptors (Lipinski definition) is 4. The zero-order valence-corrected chi connectivity index (χ0v) is 6.56. The van der Waals surface area contributed by atoms with Crippen LogP contribution in [0.3, 0.4) is 0 Å². The summed E-state index contributed by atoms with van der Waals surface area (Å²) in [5.41, 5.74) is 0. The average molecular weight is 183 g/mol. The van der Waals surface area contributed by atoms with Gasteiger partial charge in [0.25, 0.3) is 0 Å². The van der Waals surface area contributed by atoms with E-state index in [1.807, 2.05) is 0 Å². The average Bonchev–Trinajstić information content (AvgIpc) is 1.19. The maximum absolute atomic E-state index is 8.88. The number of hydrogen-bond donors (Lipinski definition) is 5. The molecule has 0 aromatic heterocycles. The Bertz CT molecular complexity index is 118. The second-order valence-corrected chi connectivity index (χ2v) is 1.81. The fourth-order valence-electron chi connectivity index (χ4n) is 0. The van der Waals surface area contributed by atoms with Gasteiger partial charge in [0.2, 0.25) is 6.16 Å². The molecule has 0 aromatic carbocycles. The molecule has 11 heavy (non-hydrogen) atoms. The minimum Gasteiger partial charge on any atom is -0.565 e. The maximum atomic E-state index is 8.88. The van der Waals surface area contributed by atoms with Gasteiger partial charge in [0.05, 0.1) is 0 Å². The third-order valence-electron chi connectivity index (χ3n) is 0. The summed E-state index contributed by atoms with van der Waals surface area (Å²) >= 11 is 0. The van der Waals surface area contributed by atoms with Crippen LogP contribution in [0.5, 0.6) is 0 Å². The van der Waals surface area contributed by atoms with Gasteiger partial charge in [-0.15, -0.1) is 0 Å². The van der Waals surface area contributed by atoms with Crippen LogP contribution in [0.25, 0.3) is 0 Å². The van der Waals surface area contributed by atoms with Crippen LogP contribution in [0.15, 0.2) is 0 Å². The Morgan fingerprint density at radius 1 is 1.27 bits per heavy atom. The predicted molar refractivity (Wildman–Crippen MR) is 27.3 cm³/mol. The first kappa shape index (κ1) is 22.4. The molecule has 8 nitrogen and oxygen atoms in total. The molecule has 0 bridgehead atoms. The van der Waals surface area contributed by atoms with E-state index in [0.717, 1.165) is 0 Å². The zero-order valence-electron chi connectivity index (χ0n) is 5.67. The Morgan fingerprint density at radius 3 is 1.27 bits per heavy atom. The molecule has 0 fully saturated rings. The van der Waals surface area contributed by atoms with E-state index in [0.29, 0.717) is 0 Å². The summed E-state index contributed by atoms with van der Waals surface area (Å²) in [5.74, 6) is 0. The van der Waals surface area contributed by atoms with E-state index in [1.165, 1.54) is 0 Å². The Balaban J connectivity index is -0.0000000383. The molecule has 0 aliphatic heterocycles. The van der Waals surface area contributed by atoms with Crippen LogP contribution in [0.4, 0.5) is 4.79 Å². The summed E-state index contributed by atoms with van der Waals surface area (Å²) in [7, 11) is -4.64. The van der Waals surface area contributed by atoms with Crippen LogP contribution in [0, 0.1) is 0 Å². The topological polar surface area (TPSA) is 173 Å². The van der Waals surface area contributed by atoms with Crippen LogP contribution >= 0.6 is 7.82 Å². The second kappa shape index (κ2) is 9.94. The van der Waals surface area contributed by atoms with Gasteiger partial charge in [-0.05, 0) is 0 Å². The van der Waals surface area contributed by atoms with E-state index in [2.05, 4.69) is 0 Å². The van der Waals surface area contributed by atoms with Crippen LogP contribution in [-0.2, 0) is 4.57 Å². The monoisotopic (exact) mass is 183 g/mol. The van der Waals surface area contributed by atoms with Crippen molar-refractivity contribution >= 4 is 14.0 Å². The molecule has 0 heterocycles. The van der Waals surface area contributed by atoms with Crippen LogP contribution in [0.1, 0.15) is 0 Å². The molecular formula is CH7LiNO7P. The van der Waals surface area contributed by atoms with E-state index in [-0.39, 0.29) is 25.0 Å². The molecule has 0 aromatic rings. The SMILES string of the molecule is N.O=C([O-])O.O=P(O)(O)O.[Li+]. The Hall–Kier alpha value is -0.0626. The number of carboxylic acid groups (broad SMARTS) is 2. The summed E-state index contributed by atoms with van der Waals surface area (Å²) in [6, 6.07) is 0. The molecule has 0 rings (SSSR count). The third kappa shape index (κ3) is 160000. The van der Waals surface area contributed by atoms with Gasteiger partial charge in [-0.1, -0.05) is 0 Å².